The highest BCUT2D eigenvalue weighted by Crippen LogP contribution is 2.23. The van der Waals surface area contributed by atoms with Gasteiger partial charge in [-0.1, -0.05) is 85.1 Å². The van der Waals surface area contributed by atoms with Crippen molar-refractivity contribution in [3.05, 3.63) is 69.8 Å². The average molecular weight is 655 g/mol. The van der Waals surface area contributed by atoms with Gasteiger partial charge >= 0.3 is 0 Å². The van der Waals surface area contributed by atoms with Gasteiger partial charge in [-0.3, -0.25) is 29.8 Å². The van der Waals surface area contributed by atoms with Crippen molar-refractivity contribution in [1.82, 2.24) is 16.0 Å². The zero-order valence-corrected chi connectivity index (χ0v) is 26.6. The number of carbonyl (C=O) groups is 4. The third kappa shape index (κ3) is 9.55. The molecular formula is C34H44BrN3O5. The van der Waals surface area contributed by atoms with E-state index in [1.54, 1.807) is 12.1 Å². The van der Waals surface area contributed by atoms with E-state index < -0.39 is 0 Å². The van der Waals surface area contributed by atoms with E-state index in [4.69, 9.17) is 4.74 Å². The molecular weight excluding hydrogens is 610 g/mol. The van der Waals surface area contributed by atoms with Gasteiger partial charge in [0.25, 0.3) is 23.6 Å². The Bertz CT molecular complexity index is 1270. The number of rotatable bonds is 15. The highest BCUT2D eigenvalue weighted by Gasteiger charge is 2.29. The van der Waals surface area contributed by atoms with Gasteiger partial charge in [0.1, 0.15) is 0 Å². The van der Waals surface area contributed by atoms with Crippen molar-refractivity contribution in [3.63, 3.8) is 0 Å². The molecule has 4 amide bonds. The predicted molar refractivity (Wildman–Crippen MR) is 171 cm³/mol. The molecule has 43 heavy (non-hydrogen) atoms. The van der Waals surface area contributed by atoms with Crippen molar-refractivity contribution >= 4 is 39.6 Å². The van der Waals surface area contributed by atoms with Gasteiger partial charge in [0.15, 0.2) is 0 Å². The molecule has 0 aromatic heterocycles. The first-order valence-corrected chi connectivity index (χ1v) is 16.9. The molecule has 0 spiro atoms. The SMILES string of the molecule is O=C1NC(=O)c2c(CCCCCCCBr)cccc21.O=C1NC(=O)c2c(CCCCCCCC3CNCCO3)cccc21. The monoisotopic (exact) mass is 653 g/mol. The molecule has 2 aromatic carbocycles. The summed E-state index contributed by atoms with van der Waals surface area (Å²) in [5.41, 5.74) is 4.23. The topological polar surface area (TPSA) is 114 Å². The lowest BCUT2D eigenvalue weighted by Crippen LogP contribution is -2.38. The molecule has 0 aliphatic carbocycles. The molecule has 0 radical (unpaired) electrons. The predicted octanol–water partition coefficient (Wildman–Crippen LogP) is 5.90. The van der Waals surface area contributed by atoms with Crippen molar-refractivity contribution in [2.75, 3.05) is 25.0 Å². The van der Waals surface area contributed by atoms with Crippen LogP contribution in [0.25, 0.3) is 0 Å². The maximum absolute atomic E-state index is 11.9. The third-order valence-corrected chi connectivity index (χ3v) is 8.82. The Morgan fingerprint density at radius 2 is 1.16 bits per heavy atom. The quantitative estimate of drug-likeness (QED) is 0.125. The highest BCUT2D eigenvalue weighted by molar-refractivity contribution is 9.09. The number of aryl methyl sites for hydroxylation is 2. The van der Waals surface area contributed by atoms with Crippen LogP contribution in [0.4, 0.5) is 0 Å². The fourth-order valence-corrected chi connectivity index (χ4v) is 6.36. The van der Waals surface area contributed by atoms with Gasteiger partial charge in [-0.05, 0) is 61.8 Å². The molecule has 5 rings (SSSR count). The maximum Gasteiger partial charge on any atom is 0.259 e. The number of amides is 4. The Kier molecular flexibility index (Phi) is 13.4. The average Bonchev–Trinajstić information content (AvgIpc) is 3.49. The summed E-state index contributed by atoms with van der Waals surface area (Å²) in [6, 6.07) is 11.1. The van der Waals surface area contributed by atoms with Crippen molar-refractivity contribution in [1.29, 1.82) is 0 Å². The molecule has 3 aliphatic rings. The number of halogens is 1. The number of alkyl halides is 1. The van der Waals surface area contributed by atoms with Crippen LogP contribution < -0.4 is 16.0 Å². The van der Waals surface area contributed by atoms with Crippen LogP contribution in [0.15, 0.2) is 36.4 Å². The lowest BCUT2D eigenvalue weighted by atomic mass is 9.97. The van der Waals surface area contributed by atoms with E-state index in [1.807, 2.05) is 24.3 Å². The summed E-state index contributed by atoms with van der Waals surface area (Å²) in [6.45, 7) is 2.80. The first-order valence-electron chi connectivity index (χ1n) is 15.8. The van der Waals surface area contributed by atoms with Gasteiger partial charge < -0.3 is 10.1 Å². The van der Waals surface area contributed by atoms with Crippen LogP contribution in [0, 0.1) is 0 Å². The van der Waals surface area contributed by atoms with Crippen molar-refractivity contribution < 1.29 is 23.9 Å². The Balaban J connectivity index is 0.000000203. The normalized spacial score (nSPS) is 17.2. The van der Waals surface area contributed by atoms with Gasteiger partial charge in [-0.25, -0.2) is 0 Å². The van der Waals surface area contributed by atoms with Gasteiger partial charge in [0.2, 0.25) is 0 Å². The van der Waals surface area contributed by atoms with Crippen LogP contribution in [0.1, 0.15) is 123 Å². The molecule has 3 heterocycles. The van der Waals surface area contributed by atoms with Crippen LogP contribution >= 0.6 is 15.9 Å². The second-order valence-corrected chi connectivity index (χ2v) is 12.2. The van der Waals surface area contributed by atoms with Crippen molar-refractivity contribution in [2.24, 2.45) is 0 Å². The lowest BCUT2D eigenvalue weighted by molar-refractivity contribution is 0.0220. The fraction of sp³-hybridized carbons (Fsp3) is 0.529. The van der Waals surface area contributed by atoms with E-state index in [2.05, 4.69) is 31.9 Å². The second-order valence-electron chi connectivity index (χ2n) is 11.5. The van der Waals surface area contributed by atoms with Crippen LogP contribution in [0.5, 0.6) is 0 Å². The molecule has 0 bridgehead atoms. The molecule has 3 N–H and O–H groups in total. The van der Waals surface area contributed by atoms with Gasteiger partial charge in [0.05, 0.1) is 35.0 Å². The number of imide groups is 2. The third-order valence-electron chi connectivity index (χ3n) is 8.26. The highest BCUT2D eigenvalue weighted by atomic mass is 79.9. The Hall–Kier alpha value is -2.88. The minimum absolute atomic E-state index is 0.241. The molecule has 1 saturated heterocycles. The Morgan fingerprint density at radius 1 is 0.651 bits per heavy atom. The number of hydrogen-bond acceptors (Lipinski definition) is 6. The van der Waals surface area contributed by atoms with E-state index in [-0.39, 0.29) is 23.6 Å². The molecule has 3 aliphatic heterocycles. The number of unbranched alkanes of at least 4 members (excludes halogenated alkanes) is 8. The minimum atomic E-state index is -0.267. The van der Waals surface area contributed by atoms with Crippen LogP contribution in [-0.4, -0.2) is 54.8 Å². The van der Waals surface area contributed by atoms with Gasteiger partial charge in [-0.15, -0.1) is 0 Å². The van der Waals surface area contributed by atoms with Gasteiger partial charge in [0, 0.05) is 18.4 Å². The largest absolute Gasteiger partial charge is 0.376 e. The van der Waals surface area contributed by atoms with Crippen LogP contribution in [0.2, 0.25) is 0 Å². The molecule has 0 saturated carbocycles. The van der Waals surface area contributed by atoms with Gasteiger partial charge in [-0.2, -0.15) is 0 Å². The summed E-state index contributed by atoms with van der Waals surface area (Å²) in [4.78, 5) is 46.8. The number of ether oxygens (including phenoxy) is 1. The van der Waals surface area contributed by atoms with E-state index in [1.165, 1.54) is 44.9 Å². The van der Waals surface area contributed by atoms with Crippen LogP contribution in [-0.2, 0) is 17.6 Å². The molecule has 2 aromatic rings. The standard InChI is InChI=1S/C19H26N2O3.C15H18BrNO2/c22-18-16-10-6-8-14(17(16)19(23)21-18)7-4-2-1-3-5-9-15-13-20-11-12-24-15;16-10-5-3-1-2-4-7-11-8-6-9-12-13(11)15(19)17-14(12)18/h6,8,10,15,20H,1-5,7,9,11-13H2,(H,21,22,23);6,8-9H,1-5,7,10H2,(H,17,18,19). The number of hydrogen-bond donors (Lipinski definition) is 3. The molecule has 232 valence electrons. The smallest absolute Gasteiger partial charge is 0.259 e. The van der Waals surface area contributed by atoms with E-state index in [0.29, 0.717) is 28.4 Å². The Labute approximate surface area is 263 Å². The molecule has 1 unspecified atom stereocenters. The summed E-state index contributed by atoms with van der Waals surface area (Å²) in [5.74, 6) is -1.02. The van der Waals surface area contributed by atoms with Crippen LogP contribution in [0.3, 0.4) is 0 Å². The summed E-state index contributed by atoms with van der Waals surface area (Å²) < 4.78 is 5.70. The van der Waals surface area contributed by atoms with E-state index >= 15 is 0 Å². The van der Waals surface area contributed by atoms with Crippen molar-refractivity contribution in [2.45, 2.75) is 89.6 Å². The number of benzene rings is 2. The lowest BCUT2D eigenvalue weighted by Gasteiger charge is -2.23. The number of fused-ring (bicyclic) bond motifs is 2. The molecule has 1 atom stereocenters. The molecule has 8 nitrogen and oxygen atoms in total. The number of morpholine rings is 1. The summed E-state index contributed by atoms with van der Waals surface area (Å²) in [5, 5.41) is 9.17. The van der Waals surface area contributed by atoms with E-state index in [0.717, 1.165) is 74.7 Å². The molecule has 9 heteroatoms. The number of carbonyl (C=O) groups excluding carboxylic acids is 4. The first kappa shape index (κ1) is 33.0. The zero-order chi connectivity index (χ0) is 30.4. The summed E-state index contributed by atoms with van der Waals surface area (Å²) in [6.07, 6.45) is 15.1. The first-order chi connectivity index (χ1) is 21.0. The second kappa shape index (κ2) is 17.4. The van der Waals surface area contributed by atoms with Crippen molar-refractivity contribution in [3.8, 4) is 0 Å². The Morgan fingerprint density at radius 3 is 1.67 bits per heavy atom. The minimum Gasteiger partial charge on any atom is -0.376 e. The zero-order valence-electron chi connectivity index (χ0n) is 25.0. The number of nitrogens with one attached hydrogen (secondary N) is 3. The maximum atomic E-state index is 11.9. The fourth-order valence-electron chi connectivity index (χ4n) is 5.96. The summed E-state index contributed by atoms with van der Waals surface area (Å²) in [7, 11) is 0. The van der Waals surface area contributed by atoms with E-state index in [9.17, 15) is 19.2 Å². The summed E-state index contributed by atoms with van der Waals surface area (Å²) >= 11 is 3.42. The molecule has 1 fully saturated rings.